The summed E-state index contributed by atoms with van der Waals surface area (Å²) < 4.78 is 31.7. The average Bonchev–Trinajstić information content (AvgIpc) is 2.66. The highest BCUT2D eigenvalue weighted by Gasteiger charge is 2.38. The second-order valence-corrected chi connectivity index (χ2v) is 2.66. The van der Waals surface area contributed by atoms with Crippen molar-refractivity contribution in [3.63, 3.8) is 0 Å². The molecule has 0 aliphatic heterocycles. The maximum Gasteiger partial charge on any atom is 0.490 e. The van der Waals surface area contributed by atoms with Crippen LogP contribution in [-0.4, -0.2) is 37.2 Å². The van der Waals surface area contributed by atoms with Gasteiger partial charge in [0.2, 0.25) is 0 Å². The number of halogens is 3. The molecule has 2 rings (SSSR count). The molecule has 0 saturated heterocycles. The summed E-state index contributed by atoms with van der Waals surface area (Å²) in [5, 5.41) is 7.12. The summed E-state index contributed by atoms with van der Waals surface area (Å²) in [7, 11) is 0. The SMILES string of the molecule is Nc1ncnc2nc[nH]c12.O=C(O)C(F)(F)F. The fraction of sp³-hybridized carbons (Fsp3) is 0.143. The molecule has 0 spiro atoms. The van der Waals surface area contributed by atoms with Gasteiger partial charge in [0.15, 0.2) is 11.5 Å². The van der Waals surface area contributed by atoms with Crippen LogP contribution in [0.5, 0.6) is 0 Å². The van der Waals surface area contributed by atoms with E-state index in [1.165, 1.54) is 12.7 Å². The molecule has 0 atom stereocenters. The van der Waals surface area contributed by atoms with Crippen molar-refractivity contribution < 1.29 is 23.1 Å². The van der Waals surface area contributed by atoms with E-state index in [0.29, 0.717) is 17.0 Å². The van der Waals surface area contributed by atoms with Crippen LogP contribution >= 0.6 is 0 Å². The first-order chi connectivity index (χ1) is 7.82. The Morgan fingerprint density at radius 1 is 1.35 bits per heavy atom. The molecular formula is C7H6F3N5O2. The Morgan fingerprint density at radius 3 is 2.41 bits per heavy atom. The van der Waals surface area contributed by atoms with E-state index in [2.05, 4.69) is 19.9 Å². The summed E-state index contributed by atoms with van der Waals surface area (Å²) in [6, 6.07) is 0. The zero-order valence-corrected chi connectivity index (χ0v) is 8.06. The Hall–Kier alpha value is -2.39. The van der Waals surface area contributed by atoms with Crippen LogP contribution in [0.15, 0.2) is 12.7 Å². The molecule has 0 radical (unpaired) electrons. The standard InChI is InChI=1S/C5H5N5.C2HF3O2/c6-4-3-5(9-1-7-3)10-2-8-4;3-2(4,5)1(6)7/h1-2H,(H3,6,7,8,9,10);(H,6,7). The second-order valence-electron chi connectivity index (χ2n) is 2.66. The lowest BCUT2D eigenvalue weighted by molar-refractivity contribution is -0.192. The van der Waals surface area contributed by atoms with Gasteiger partial charge >= 0.3 is 12.1 Å². The summed E-state index contributed by atoms with van der Waals surface area (Å²) in [5.41, 5.74) is 6.78. The first-order valence-electron chi connectivity index (χ1n) is 4.02. The number of aromatic nitrogens is 4. The number of hydrogen-bond donors (Lipinski definition) is 3. The zero-order valence-electron chi connectivity index (χ0n) is 8.06. The van der Waals surface area contributed by atoms with Crippen LogP contribution < -0.4 is 5.73 Å². The minimum absolute atomic E-state index is 0.433. The Morgan fingerprint density at radius 2 is 1.94 bits per heavy atom. The van der Waals surface area contributed by atoms with Crippen LogP contribution in [0.1, 0.15) is 0 Å². The van der Waals surface area contributed by atoms with Crippen molar-refractivity contribution in [1.29, 1.82) is 0 Å². The van der Waals surface area contributed by atoms with E-state index in [9.17, 15) is 13.2 Å². The fourth-order valence-electron chi connectivity index (χ4n) is 0.784. The fourth-order valence-corrected chi connectivity index (χ4v) is 0.784. The Balaban J connectivity index is 0.000000185. The number of rotatable bonds is 0. The molecule has 0 amide bonds. The lowest BCUT2D eigenvalue weighted by Gasteiger charge is -1.93. The smallest absolute Gasteiger partial charge is 0.475 e. The van der Waals surface area contributed by atoms with Gasteiger partial charge in [-0.2, -0.15) is 13.2 Å². The van der Waals surface area contributed by atoms with Crippen molar-refractivity contribution in [1.82, 2.24) is 19.9 Å². The van der Waals surface area contributed by atoms with Gasteiger partial charge in [-0.25, -0.2) is 19.7 Å². The molecule has 4 N–H and O–H groups in total. The highest BCUT2D eigenvalue weighted by molar-refractivity contribution is 5.80. The first-order valence-corrected chi connectivity index (χ1v) is 4.02. The summed E-state index contributed by atoms with van der Waals surface area (Å²) in [4.78, 5) is 23.3. The minimum atomic E-state index is -5.08. The molecule has 0 aliphatic rings. The maximum absolute atomic E-state index is 10.6. The van der Waals surface area contributed by atoms with Gasteiger partial charge in [-0.15, -0.1) is 0 Å². The Kier molecular flexibility index (Phi) is 3.46. The van der Waals surface area contributed by atoms with Gasteiger partial charge in [0.1, 0.15) is 11.8 Å². The van der Waals surface area contributed by atoms with Gasteiger partial charge in [0.25, 0.3) is 0 Å². The molecule has 0 aromatic carbocycles. The molecule has 2 aromatic heterocycles. The van der Waals surface area contributed by atoms with E-state index in [1.807, 2.05) is 0 Å². The van der Waals surface area contributed by atoms with E-state index >= 15 is 0 Å². The normalized spacial score (nSPS) is 10.8. The van der Waals surface area contributed by atoms with E-state index in [4.69, 9.17) is 15.6 Å². The van der Waals surface area contributed by atoms with Gasteiger partial charge in [-0.3, -0.25) is 0 Å². The van der Waals surface area contributed by atoms with Crippen molar-refractivity contribution in [3.8, 4) is 0 Å². The molecular weight excluding hydrogens is 243 g/mol. The Labute approximate surface area is 91.5 Å². The summed E-state index contributed by atoms with van der Waals surface area (Å²) in [6.45, 7) is 0. The largest absolute Gasteiger partial charge is 0.490 e. The minimum Gasteiger partial charge on any atom is -0.475 e. The molecule has 2 heterocycles. The quantitative estimate of drug-likeness (QED) is 0.628. The van der Waals surface area contributed by atoms with Crippen molar-refractivity contribution >= 4 is 23.0 Å². The highest BCUT2D eigenvalue weighted by atomic mass is 19.4. The number of carboxylic acids is 1. The average molecular weight is 249 g/mol. The van der Waals surface area contributed by atoms with E-state index < -0.39 is 12.1 Å². The van der Waals surface area contributed by atoms with E-state index in [1.54, 1.807) is 0 Å². The van der Waals surface area contributed by atoms with Gasteiger partial charge in [-0.1, -0.05) is 0 Å². The number of anilines is 1. The third kappa shape index (κ3) is 3.29. The van der Waals surface area contributed by atoms with E-state index in [0.717, 1.165) is 0 Å². The first kappa shape index (κ1) is 12.7. The van der Waals surface area contributed by atoms with E-state index in [-0.39, 0.29) is 0 Å². The molecule has 0 fully saturated rings. The van der Waals surface area contributed by atoms with Crippen LogP contribution in [-0.2, 0) is 4.79 Å². The highest BCUT2D eigenvalue weighted by Crippen LogP contribution is 2.13. The molecule has 0 unspecified atom stereocenters. The monoisotopic (exact) mass is 249 g/mol. The number of hydrogen-bond acceptors (Lipinski definition) is 5. The number of nitrogens with two attached hydrogens (primary N) is 1. The Bertz CT molecular complexity index is 523. The summed E-state index contributed by atoms with van der Waals surface area (Å²) >= 11 is 0. The predicted octanol–water partition coefficient (Wildman–Crippen LogP) is 0.568. The van der Waals surface area contributed by atoms with Gasteiger partial charge in [0, 0.05) is 0 Å². The number of fused-ring (bicyclic) bond motifs is 1. The van der Waals surface area contributed by atoms with Crippen LogP contribution in [0.25, 0.3) is 11.2 Å². The van der Waals surface area contributed by atoms with Gasteiger partial charge < -0.3 is 15.8 Å². The molecule has 92 valence electrons. The maximum atomic E-state index is 10.6. The summed E-state index contributed by atoms with van der Waals surface area (Å²) in [5.74, 6) is -2.32. The molecule has 0 aliphatic carbocycles. The predicted molar refractivity (Wildman–Crippen MR) is 49.8 cm³/mol. The number of imidazole rings is 1. The molecule has 17 heavy (non-hydrogen) atoms. The summed E-state index contributed by atoms with van der Waals surface area (Å²) in [6.07, 6.45) is -2.16. The van der Waals surface area contributed by atoms with Gasteiger partial charge in [0.05, 0.1) is 6.33 Å². The third-order valence-corrected chi connectivity index (χ3v) is 1.49. The molecule has 2 aromatic rings. The lowest BCUT2D eigenvalue weighted by atomic mass is 10.5. The molecule has 0 saturated carbocycles. The second kappa shape index (κ2) is 4.63. The lowest BCUT2D eigenvalue weighted by Crippen LogP contribution is -2.21. The van der Waals surface area contributed by atoms with Crippen molar-refractivity contribution in [2.24, 2.45) is 0 Å². The number of nitrogen functional groups attached to an aromatic ring is 1. The number of nitrogens with one attached hydrogen (secondary N) is 1. The number of nitrogens with zero attached hydrogens (tertiary/aromatic N) is 3. The number of alkyl halides is 3. The van der Waals surface area contributed by atoms with Crippen molar-refractivity contribution in [3.05, 3.63) is 12.7 Å². The number of aliphatic carboxylic acids is 1. The molecule has 0 bridgehead atoms. The number of H-pyrrole nitrogens is 1. The van der Waals surface area contributed by atoms with Crippen molar-refractivity contribution in [2.45, 2.75) is 6.18 Å². The van der Waals surface area contributed by atoms with Crippen LogP contribution in [0, 0.1) is 0 Å². The third-order valence-electron chi connectivity index (χ3n) is 1.49. The topological polar surface area (TPSA) is 118 Å². The van der Waals surface area contributed by atoms with Crippen molar-refractivity contribution in [2.75, 3.05) is 5.73 Å². The van der Waals surface area contributed by atoms with Crippen LogP contribution in [0.4, 0.5) is 19.0 Å². The molecule has 10 heteroatoms. The number of carbonyl (C=O) groups is 1. The number of aromatic amines is 1. The van der Waals surface area contributed by atoms with Crippen LogP contribution in [0.2, 0.25) is 0 Å². The molecule has 7 nitrogen and oxygen atoms in total. The zero-order chi connectivity index (χ0) is 13.1. The number of carboxylic acid groups (broad SMARTS) is 1. The van der Waals surface area contributed by atoms with Crippen LogP contribution in [0.3, 0.4) is 0 Å². The van der Waals surface area contributed by atoms with Gasteiger partial charge in [-0.05, 0) is 0 Å².